The zero-order valence-electron chi connectivity index (χ0n) is 15.0. The topological polar surface area (TPSA) is 120 Å². The highest BCUT2D eigenvalue weighted by atomic mass is 32.2. The van der Waals surface area contributed by atoms with Crippen LogP contribution in [0.5, 0.6) is 5.75 Å². The maximum absolute atomic E-state index is 12.4. The van der Waals surface area contributed by atoms with Crippen molar-refractivity contribution in [3.05, 3.63) is 48.8 Å². The van der Waals surface area contributed by atoms with Crippen LogP contribution in [-0.2, 0) is 9.92 Å². The van der Waals surface area contributed by atoms with Crippen LogP contribution in [0.1, 0.15) is 6.92 Å². The summed E-state index contributed by atoms with van der Waals surface area (Å²) in [6.07, 6.45) is 0.788. The summed E-state index contributed by atoms with van der Waals surface area (Å²) in [6, 6.07) is 12.2. The first-order valence-corrected chi connectivity index (χ1v) is 9.82. The van der Waals surface area contributed by atoms with Crippen molar-refractivity contribution >= 4 is 32.3 Å². The largest absolute Gasteiger partial charge is 0.497 e. The summed E-state index contributed by atoms with van der Waals surface area (Å²) in [7, 11) is -1.56. The smallest absolute Gasteiger partial charge is 0.141 e. The second kappa shape index (κ2) is 7.87. The summed E-state index contributed by atoms with van der Waals surface area (Å²) in [6.45, 7) is 1.65. The molecule has 2 aromatic carbocycles. The Bertz CT molecular complexity index is 1040. The van der Waals surface area contributed by atoms with Crippen molar-refractivity contribution in [2.75, 3.05) is 19.0 Å². The molecule has 142 valence electrons. The van der Waals surface area contributed by atoms with Gasteiger partial charge in [0.25, 0.3) is 0 Å². The van der Waals surface area contributed by atoms with Gasteiger partial charge in [-0.3, -0.25) is 0 Å². The fraction of sp³-hybridized carbons (Fsp3) is 0.222. The number of hydrogen-bond donors (Lipinski definition) is 4. The molecule has 0 aliphatic carbocycles. The number of aliphatic hydroxyl groups is 1. The lowest BCUT2D eigenvalue weighted by atomic mass is 10.2. The van der Waals surface area contributed by atoms with E-state index in [0.717, 1.165) is 16.6 Å². The molecular formula is C18H21N5O3S. The van der Waals surface area contributed by atoms with E-state index in [1.165, 1.54) is 6.33 Å². The van der Waals surface area contributed by atoms with E-state index in [2.05, 4.69) is 20.0 Å². The summed E-state index contributed by atoms with van der Waals surface area (Å²) in [5.41, 5.74) is 1.49. The highest BCUT2D eigenvalue weighted by molar-refractivity contribution is 7.90. The zero-order chi connectivity index (χ0) is 19.4. The molecule has 27 heavy (non-hydrogen) atoms. The van der Waals surface area contributed by atoms with Crippen molar-refractivity contribution in [1.82, 2.24) is 14.7 Å². The van der Waals surface area contributed by atoms with Crippen LogP contribution in [0.4, 0.5) is 11.5 Å². The molecule has 0 aliphatic rings. The number of anilines is 2. The third-order valence-electron chi connectivity index (χ3n) is 3.87. The van der Waals surface area contributed by atoms with Crippen molar-refractivity contribution in [2.24, 2.45) is 0 Å². The number of nitrogens with one attached hydrogen (secondary N) is 3. The van der Waals surface area contributed by atoms with E-state index in [0.29, 0.717) is 16.5 Å². The number of benzene rings is 2. The number of nitrogens with zero attached hydrogens (tertiary/aromatic N) is 2. The van der Waals surface area contributed by atoms with Gasteiger partial charge in [0.05, 0.1) is 23.6 Å². The Hall–Kier alpha value is -2.75. The van der Waals surface area contributed by atoms with Gasteiger partial charge in [-0.05, 0) is 43.3 Å². The number of methoxy groups -OCH3 is 1. The summed E-state index contributed by atoms with van der Waals surface area (Å²) < 4.78 is 28.1. The average Bonchev–Trinajstić information content (AvgIpc) is 2.67. The lowest BCUT2D eigenvalue weighted by Gasteiger charge is -2.13. The molecule has 9 heteroatoms. The molecule has 1 heterocycles. The Balaban J connectivity index is 1.82. The molecular weight excluding hydrogens is 366 g/mol. The predicted molar refractivity (Wildman–Crippen MR) is 105 cm³/mol. The van der Waals surface area contributed by atoms with Gasteiger partial charge >= 0.3 is 0 Å². The van der Waals surface area contributed by atoms with E-state index < -0.39 is 16.0 Å². The van der Waals surface area contributed by atoms with Crippen LogP contribution in [0, 0.1) is 4.78 Å². The molecule has 0 bridgehead atoms. The number of rotatable bonds is 7. The standard InChI is InChI=1S/C18H21N5O3S/c1-12(24)10-22-27(19,25)15-6-3-13(4-7-15)23-18-16-8-5-14(26-2)9-17(16)20-11-21-18/h3-9,11-12,24H,10H2,1-2H3,(H2,19,22,25)(H,20,21,23)/t12-,27?/m1/s1. The molecule has 0 radical (unpaired) electrons. The van der Waals surface area contributed by atoms with Gasteiger partial charge < -0.3 is 15.2 Å². The Morgan fingerprint density at radius 3 is 2.63 bits per heavy atom. The molecule has 0 saturated heterocycles. The summed E-state index contributed by atoms with van der Waals surface area (Å²) in [5.74, 6) is 1.35. The fourth-order valence-corrected chi connectivity index (χ4v) is 3.61. The second-order valence-corrected chi connectivity index (χ2v) is 7.88. The minimum Gasteiger partial charge on any atom is -0.497 e. The van der Waals surface area contributed by atoms with Crippen LogP contribution < -0.4 is 14.8 Å². The minimum atomic E-state index is -3.16. The average molecular weight is 387 g/mol. The first-order chi connectivity index (χ1) is 12.9. The summed E-state index contributed by atoms with van der Waals surface area (Å²) in [5, 5.41) is 13.3. The van der Waals surface area contributed by atoms with Gasteiger partial charge in [0.1, 0.15) is 27.8 Å². The van der Waals surface area contributed by atoms with Crippen LogP contribution in [0.15, 0.2) is 53.7 Å². The van der Waals surface area contributed by atoms with Crippen LogP contribution in [0.2, 0.25) is 0 Å². The van der Waals surface area contributed by atoms with Crippen molar-refractivity contribution in [1.29, 1.82) is 4.78 Å². The molecule has 2 atom stereocenters. The first kappa shape index (κ1) is 19.0. The van der Waals surface area contributed by atoms with Crippen molar-refractivity contribution in [2.45, 2.75) is 17.9 Å². The van der Waals surface area contributed by atoms with Crippen molar-refractivity contribution in [3.8, 4) is 5.75 Å². The first-order valence-electron chi connectivity index (χ1n) is 8.26. The highest BCUT2D eigenvalue weighted by Gasteiger charge is 2.11. The van der Waals surface area contributed by atoms with E-state index in [1.54, 1.807) is 38.3 Å². The fourth-order valence-electron chi connectivity index (χ4n) is 2.45. The Kier molecular flexibility index (Phi) is 5.54. The lowest BCUT2D eigenvalue weighted by Crippen LogP contribution is -2.29. The van der Waals surface area contributed by atoms with E-state index in [-0.39, 0.29) is 6.54 Å². The SMILES string of the molecule is COc1ccc2c(Nc3ccc(S(=N)(=O)NC[C@@H](C)O)cc3)ncnc2c1. The normalized spacial score (nSPS) is 14.5. The number of aromatic nitrogens is 2. The predicted octanol–water partition coefficient (Wildman–Crippen LogP) is 2.67. The van der Waals surface area contributed by atoms with E-state index in [9.17, 15) is 9.32 Å². The summed E-state index contributed by atoms with van der Waals surface area (Å²) >= 11 is 0. The maximum atomic E-state index is 12.4. The molecule has 3 rings (SSSR count). The molecule has 0 amide bonds. The molecule has 0 fully saturated rings. The molecule has 3 aromatic rings. The quantitative estimate of drug-likeness (QED) is 0.495. The molecule has 0 spiro atoms. The highest BCUT2D eigenvalue weighted by Crippen LogP contribution is 2.26. The van der Waals surface area contributed by atoms with Crippen LogP contribution in [-0.4, -0.2) is 39.0 Å². The monoisotopic (exact) mass is 387 g/mol. The van der Waals surface area contributed by atoms with Crippen molar-refractivity contribution < 1.29 is 14.1 Å². The van der Waals surface area contributed by atoms with Crippen LogP contribution in [0.25, 0.3) is 10.9 Å². The molecule has 8 nitrogen and oxygen atoms in total. The van der Waals surface area contributed by atoms with E-state index in [1.807, 2.05) is 18.2 Å². The van der Waals surface area contributed by atoms with Gasteiger partial charge in [-0.2, -0.15) is 0 Å². The van der Waals surface area contributed by atoms with Gasteiger partial charge in [0.2, 0.25) is 0 Å². The Labute approximate surface area is 157 Å². The van der Waals surface area contributed by atoms with Gasteiger partial charge in [-0.25, -0.2) is 23.7 Å². The third kappa shape index (κ3) is 4.51. The molecule has 1 unspecified atom stereocenters. The Morgan fingerprint density at radius 2 is 1.96 bits per heavy atom. The molecule has 0 aliphatic heterocycles. The second-order valence-electron chi connectivity index (χ2n) is 6.01. The molecule has 4 N–H and O–H groups in total. The van der Waals surface area contributed by atoms with E-state index in [4.69, 9.17) is 9.52 Å². The van der Waals surface area contributed by atoms with Crippen LogP contribution >= 0.6 is 0 Å². The molecule has 1 aromatic heterocycles. The zero-order valence-corrected chi connectivity index (χ0v) is 15.8. The lowest BCUT2D eigenvalue weighted by molar-refractivity contribution is 0.199. The van der Waals surface area contributed by atoms with E-state index >= 15 is 0 Å². The Morgan fingerprint density at radius 1 is 1.22 bits per heavy atom. The molecule has 0 saturated carbocycles. The van der Waals surface area contributed by atoms with Gasteiger partial charge in [-0.15, -0.1) is 0 Å². The van der Waals surface area contributed by atoms with Gasteiger partial charge in [-0.1, -0.05) is 0 Å². The number of fused-ring (bicyclic) bond motifs is 1. The van der Waals surface area contributed by atoms with Gasteiger partial charge in [0.15, 0.2) is 0 Å². The minimum absolute atomic E-state index is 0.0821. The third-order valence-corrected chi connectivity index (χ3v) is 5.38. The summed E-state index contributed by atoms with van der Waals surface area (Å²) in [4.78, 5) is 8.87. The van der Waals surface area contributed by atoms with Gasteiger partial charge in [0, 0.05) is 23.7 Å². The van der Waals surface area contributed by atoms with Crippen LogP contribution in [0.3, 0.4) is 0 Å². The number of hydrogen-bond acceptors (Lipinski definition) is 7. The van der Waals surface area contributed by atoms with Crippen molar-refractivity contribution in [3.63, 3.8) is 0 Å². The number of aliphatic hydroxyl groups excluding tert-OH is 1. The maximum Gasteiger partial charge on any atom is 0.141 e. The number of ether oxygens (including phenoxy) is 1.